The van der Waals surface area contributed by atoms with Crippen molar-refractivity contribution in [3.63, 3.8) is 0 Å². The Morgan fingerprint density at radius 3 is 1.62 bits per heavy atom. The van der Waals surface area contributed by atoms with Gasteiger partial charge in [0.05, 0.1) is 10.8 Å². The number of hydrogen-bond donors (Lipinski definition) is 4. The minimum Gasteiger partial charge on any atom is -0.504 e. The molecular formula is C26H38O6. The highest BCUT2D eigenvalue weighted by molar-refractivity contribution is 5.78. The zero-order valence-electron chi connectivity index (χ0n) is 19.1. The molecule has 2 fully saturated rings. The van der Waals surface area contributed by atoms with E-state index in [4.69, 9.17) is 0 Å². The number of rotatable bonds is 16. The van der Waals surface area contributed by atoms with Crippen LogP contribution in [0.15, 0.2) is 12.1 Å². The van der Waals surface area contributed by atoms with Crippen LogP contribution in [0.3, 0.4) is 0 Å². The van der Waals surface area contributed by atoms with Crippen LogP contribution in [0.2, 0.25) is 0 Å². The van der Waals surface area contributed by atoms with E-state index < -0.39 is 22.8 Å². The fourth-order valence-corrected chi connectivity index (χ4v) is 4.87. The molecule has 0 aliphatic heterocycles. The fraction of sp³-hybridized carbons (Fsp3) is 0.692. The fourth-order valence-electron chi connectivity index (χ4n) is 4.87. The monoisotopic (exact) mass is 446 g/mol. The Bertz CT molecular complexity index is 807. The summed E-state index contributed by atoms with van der Waals surface area (Å²) in [5.74, 6) is -1.39. The van der Waals surface area contributed by atoms with E-state index in [0.29, 0.717) is 6.42 Å². The second kappa shape index (κ2) is 10.6. The standard InChI is InChI=1S/C26H38O6/c27-21-12-11-19(9-5-1-3-7-13-25(15-16-25)23(29)30)20(22(21)28)10-6-2-4-8-14-26(17-18-26)24(31)32/h11-12,27-28H,1-10,13-18H2,(H,29,30)(H,31,32). The summed E-state index contributed by atoms with van der Waals surface area (Å²) in [5, 5.41) is 38.8. The number of phenolic OH excluding ortho intramolecular Hbond substituents is 2. The molecule has 6 heteroatoms. The lowest BCUT2D eigenvalue weighted by molar-refractivity contribution is -0.144. The number of aryl methyl sites for hydroxylation is 1. The van der Waals surface area contributed by atoms with Gasteiger partial charge in [-0.1, -0.05) is 44.6 Å². The number of carboxylic acids is 2. The maximum absolute atomic E-state index is 11.2. The molecule has 0 atom stereocenters. The molecule has 0 unspecified atom stereocenters. The first kappa shape index (κ1) is 24.4. The van der Waals surface area contributed by atoms with Gasteiger partial charge in [0.25, 0.3) is 0 Å². The van der Waals surface area contributed by atoms with Gasteiger partial charge in [-0.05, 0) is 75.8 Å². The van der Waals surface area contributed by atoms with Crippen molar-refractivity contribution in [3.8, 4) is 11.5 Å². The number of unbranched alkanes of at least 4 members (excludes halogenated alkanes) is 6. The summed E-state index contributed by atoms with van der Waals surface area (Å²) < 4.78 is 0. The molecule has 2 aliphatic carbocycles. The summed E-state index contributed by atoms with van der Waals surface area (Å²) in [6.07, 6.45) is 14.1. The van der Waals surface area contributed by atoms with Gasteiger partial charge >= 0.3 is 11.9 Å². The number of phenols is 2. The first-order valence-electron chi connectivity index (χ1n) is 12.3. The van der Waals surface area contributed by atoms with E-state index in [1.807, 2.05) is 6.07 Å². The molecule has 0 heterocycles. The SMILES string of the molecule is O=C(O)C1(CCCCCCc2ccc(O)c(O)c2CCCCCCC2(C(=O)O)CC2)CC1. The zero-order chi connectivity index (χ0) is 23.2. The second-order valence-corrected chi connectivity index (χ2v) is 10.1. The number of aliphatic carboxylic acids is 2. The number of carbonyl (C=O) groups is 2. The second-order valence-electron chi connectivity index (χ2n) is 10.1. The number of carboxylic acid groups (broad SMARTS) is 2. The van der Waals surface area contributed by atoms with Gasteiger partial charge in [0.2, 0.25) is 0 Å². The molecule has 1 aromatic rings. The van der Waals surface area contributed by atoms with E-state index in [0.717, 1.165) is 107 Å². The van der Waals surface area contributed by atoms with Crippen LogP contribution in [-0.2, 0) is 22.4 Å². The summed E-state index contributed by atoms with van der Waals surface area (Å²) in [6.45, 7) is 0. The minimum absolute atomic E-state index is 0.0116. The van der Waals surface area contributed by atoms with E-state index in [2.05, 4.69) is 0 Å². The molecule has 0 amide bonds. The Hall–Kier alpha value is -2.24. The molecule has 4 N–H and O–H groups in total. The summed E-state index contributed by atoms with van der Waals surface area (Å²) in [7, 11) is 0. The molecule has 3 rings (SSSR count). The summed E-state index contributed by atoms with van der Waals surface area (Å²) in [4.78, 5) is 22.5. The first-order valence-corrected chi connectivity index (χ1v) is 12.3. The van der Waals surface area contributed by atoms with E-state index >= 15 is 0 Å². The minimum atomic E-state index is -0.652. The highest BCUT2D eigenvalue weighted by atomic mass is 16.4. The molecule has 0 saturated heterocycles. The van der Waals surface area contributed by atoms with Crippen molar-refractivity contribution in [2.75, 3.05) is 0 Å². The third-order valence-electron chi connectivity index (χ3n) is 7.66. The molecule has 6 nitrogen and oxygen atoms in total. The van der Waals surface area contributed by atoms with Crippen LogP contribution in [-0.4, -0.2) is 32.4 Å². The Kier molecular flexibility index (Phi) is 8.07. The van der Waals surface area contributed by atoms with Gasteiger partial charge in [0, 0.05) is 5.56 Å². The molecule has 1 aromatic carbocycles. The van der Waals surface area contributed by atoms with Crippen LogP contribution >= 0.6 is 0 Å². The van der Waals surface area contributed by atoms with Crippen molar-refractivity contribution in [1.82, 2.24) is 0 Å². The van der Waals surface area contributed by atoms with Crippen LogP contribution < -0.4 is 0 Å². The average Bonchev–Trinajstić information content (AvgIpc) is 3.67. The summed E-state index contributed by atoms with van der Waals surface area (Å²) >= 11 is 0. The van der Waals surface area contributed by atoms with Gasteiger partial charge in [-0.2, -0.15) is 0 Å². The van der Waals surface area contributed by atoms with E-state index in [1.54, 1.807) is 6.07 Å². The van der Waals surface area contributed by atoms with Crippen LogP contribution in [0.4, 0.5) is 0 Å². The van der Waals surface area contributed by atoms with Gasteiger partial charge < -0.3 is 20.4 Å². The van der Waals surface area contributed by atoms with Crippen LogP contribution in [0.1, 0.15) is 101 Å². The van der Waals surface area contributed by atoms with Crippen molar-refractivity contribution in [1.29, 1.82) is 0 Å². The molecule has 0 radical (unpaired) electrons. The van der Waals surface area contributed by atoms with Gasteiger partial charge in [0.1, 0.15) is 0 Å². The lowest BCUT2D eigenvalue weighted by Gasteiger charge is -2.14. The highest BCUT2D eigenvalue weighted by Crippen LogP contribution is 2.50. The van der Waals surface area contributed by atoms with Crippen molar-refractivity contribution < 1.29 is 30.0 Å². The zero-order valence-corrected chi connectivity index (χ0v) is 19.1. The Morgan fingerprint density at radius 2 is 1.16 bits per heavy atom. The van der Waals surface area contributed by atoms with Crippen LogP contribution in [0.25, 0.3) is 0 Å². The quantitative estimate of drug-likeness (QED) is 0.188. The molecule has 0 spiro atoms. The van der Waals surface area contributed by atoms with Crippen LogP contribution in [0, 0.1) is 10.8 Å². The summed E-state index contributed by atoms with van der Waals surface area (Å²) in [6, 6.07) is 3.45. The largest absolute Gasteiger partial charge is 0.504 e. The normalized spacial score (nSPS) is 17.8. The van der Waals surface area contributed by atoms with Crippen molar-refractivity contribution in [2.24, 2.45) is 10.8 Å². The van der Waals surface area contributed by atoms with Crippen molar-refractivity contribution in [3.05, 3.63) is 23.3 Å². The van der Waals surface area contributed by atoms with Gasteiger partial charge in [-0.25, -0.2) is 0 Å². The molecule has 32 heavy (non-hydrogen) atoms. The lowest BCUT2D eigenvalue weighted by Crippen LogP contribution is -2.14. The molecule has 0 bridgehead atoms. The molecular weight excluding hydrogens is 408 g/mol. The van der Waals surface area contributed by atoms with Crippen molar-refractivity contribution >= 4 is 11.9 Å². The number of hydrogen-bond acceptors (Lipinski definition) is 4. The molecule has 2 saturated carbocycles. The van der Waals surface area contributed by atoms with E-state index in [9.17, 15) is 30.0 Å². The Balaban J connectivity index is 1.36. The first-order chi connectivity index (χ1) is 15.3. The third-order valence-corrected chi connectivity index (χ3v) is 7.66. The number of benzene rings is 1. The topological polar surface area (TPSA) is 115 Å². The van der Waals surface area contributed by atoms with E-state index in [-0.39, 0.29) is 11.5 Å². The predicted molar refractivity (Wildman–Crippen MR) is 122 cm³/mol. The molecule has 2 aliphatic rings. The van der Waals surface area contributed by atoms with Gasteiger partial charge in [0.15, 0.2) is 11.5 Å². The smallest absolute Gasteiger partial charge is 0.309 e. The van der Waals surface area contributed by atoms with Crippen LogP contribution in [0.5, 0.6) is 11.5 Å². The average molecular weight is 447 g/mol. The predicted octanol–water partition coefficient (Wildman–Crippen LogP) is 5.81. The Labute approximate surface area is 190 Å². The summed E-state index contributed by atoms with van der Waals surface area (Å²) in [5.41, 5.74) is 1.04. The maximum Gasteiger partial charge on any atom is 0.309 e. The van der Waals surface area contributed by atoms with Gasteiger partial charge in [-0.3, -0.25) is 9.59 Å². The maximum atomic E-state index is 11.2. The number of aromatic hydroxyl groups is 2. The third kappa shape index (κ3) is 6.17. The van der Waals surface area contributed by atoms with Gasteiger partial charge in [-0.15, -0.1) is 0 Å². The lowest BCUT2D eigenvalue weighted by atomic mass is 9.93. The molecule has 0 aromatic heterocycles. The molecule has 178 valence electrons. The Morgan fingerprint density at radius 1 is 0.688 bits per heavy atom. The van der Waals surface area contributed by atoms with Crippen molar-refractivity contribution in [2.45, 2.75) is 103 Å². The highest BCUT2D eigenvalue weighted by Gasteiger charge is 2.49. The van der Waals surface area contributed by atoms with E-state index in [1.165, 1.54) is 0 Å².